The Morgan fingerprint density at radius 2 is 1.69 bits per heavy atom. The fraction of sp³-hybridized carbons (Fsp3) is 0.296. The standard InChI is InChI=1S/C27H27BrN4O4/c28-21-10-8-20(9-11-21)25(34)30-14-12-27(13-15-30)26(35)31(19-32(27)22-5-2-1-3-6-22)18-24(33)29-17-23-7-4-16-36-23/h1-11,16H,12-15,17-19H2,(H,29,33). The van der Waals surface area contributed by atoms with E-state index in [9.17, 15) is 14.4 Å². The van der Waals surface area contributed by atoms with Gasteiger partial charge in [0.2, 0.25) is 5.91 Å². The molecule has 0 atom stereocenters. The van der Waals surface area contributed by atoms with E-state index in [2.05, 4.69) is 26.1 Å². The molecule has 5 rings (SSSR count). The van der Waals surface area contributed by atoms with Crippen LogP contribution in [0.2, 0.25) is 0 Å². The Labute approximate surface area is 218 Å². The molecule has 2 aromatic carbocycles. The molecule has 0 bridgehead atoms. The van der Waals surface area contributed by atoms with Crippen molar-refractivity contribution in [3.8, 4) is 0 Å². The summed E-state index contributed by atoms with van der Waals surface area (Å²) >= 11 is 3.40. The summed E-state index contributed by atoms with van der Waals surface area (Å²) in [4.78, 5) is 45.0. The van der Waals surface area contributed by atoms with E-state index in [1.807, 2.05) is 47.4 Å². The molecule has 0 radical (unpaired) electrons. The first kappa shape index (κ1) is 24.1. The Bertz CT molecular complexity index is 1220. The summed E-state index contributed by atoms with van der Waals surface area (Å²) in [7, 11) is 0. The molecule has 1 spiro atoms. The molecule has 8 nitrogen and oxygen atoms in total. The minimum absolute atomic E-state index is 0.0356. The van der Waals surface area contributed by atoms with Crippen molar-refractivity contribution in [2.24, 2.45) is 0 Å². The van der Waals surface area contributed by atoms with E-state index in [0.29, 0.717) is 43.9 Å². The molecule has 9 heteroatoms. The monoisotopic (exact) mass is 550 g/mol. The van der Waals surface area contributed by atoms with Crippen LogP contribution in [0.3, 0.4) is 0 Å². The lowest BCUT2D eigenvalue weighted by atomic mass is 9.85. The maximum atomic E-state index is 13.8. The second-order valence-electron chi connectivity index (χ2n) is 9.09. The Kier molecular flexibility index (Phi) is 6.82. The van der Waals surface area contributed by atoms with Crippen molar-refractivity contribution in [1.82, 2.24) is 15.1 Å². The molecule has 2 aliphatic rings. The predicted octanol–water partition coefficient (Wildman–Crippen LogP) is 3.64. The van der Waals surface area contributed by atoms with Crippen LogP contribution in [0.5, 0.6) is 0 Å². The summed E-state index contributed by atoms with van der Waals surface area (Å²) in [5, 5.41) is 2.82. The van der Waals surface area contributed by atoms with E-state index in [-0.39, 0.29) is 30.8 Å². The zero-order valence-corrected chi connectivity index (χ0v) is 21.3. The van der Waals surface area contributed by atoms with Crippen LogP contribution in [-0.4, -0.2) is 59.4 Å². The molecule has 2 saturated heterocycles. The number of nitrogens with one attached hydrogen (secondary N) is 1. The highest BCUT2D eigenvalue weighted by Gasteiger charge is 2.54. The normalized spacial score (nSPS) is 17.0. The van der Waals surface area contributed by atoms with Gasteiger partial charge in [0.05, 0.1) is 19.5 Å². The van der Waals surface area contributed by atoms with Crippen LogP contribution in [-0.2, 0) is 16.1 Å². The maximum Gasteiger partial charge on any atom is 0.253 e. The molecule has 0 aliphatic carbocycles. The number of anilines is 1. The van der Waals surface area contributed by atoms with Crippen molar-refractivity contribution in [2.45, 2.75) is 24.9 Å². The van der Waals surface area contributed by atoms with Crippen LogP contribution < -0.4 is 10.2 Å². The van der Waals surface area contributed by atoms with Crippen molar-refractivity contribution in [3.63, 3.8) is 0 Å². The molecule has 186 valence electrons. The Morgan fingerprint density at radius 3 is 2.36 bits per heavy atom. The summed E-state index contributed by atoms with van der Waals surface area (Å²) in [6, 6.07) is 20.6. The van der Waals surface area contributed by atoms with Gasteiger partial charge in [-0.2, -0.15) is 0 Å². The minimum Gasteiger partial charge on any atom is -0.467 e. The highest BCUT2D eigenvalue weighted by atomic mass is 79.9. The van der Waals surface area contributed by atoms with E-state index in [1.54, 1.807) is 35.4 Å². The number of halogens is 1. The summed E-state index contributed by atoms with van der Waals surface area (Å²) in [6.07, 6.45) is 2.54. The van der Waals surface area contributed by atoms with Crippen LogP contribution >= 0.6 is 15.9 Å². The first-order valence-corrected chi connectivity index (χ1v) is 12.7. The van der Waals surface area contributed by atoms with Gasteiger partial charge in [-0.15, -0.1) is 0 Å². The van der Waals surface area contributed by atoms with Crippen LogP contribution in [0.15, 0.2) is 81.9 Å². The summed E-state index contributed by atoms with van der Waals surface area (Å²) in [5.74, 6) is 0.299. The van der Waals surface area contributed by atoms with Gasteiger partial charge in [-0.25, -0.2) is 0 Å². The number of nitrogens with zero attached hydrogens (tertiary/aromatic N) is 3. The maximum absolute atomic E-state index is 13.8. The van der Waals surface area contributed by atoms with Crippen molar-refractivity contribution in [3.05, 3.63) is 88.8 Å². The molecule has 3 amide bonds. The van der Waals surface area contributed by atoms with Gasteiger partial charge < -0.3 is 24.4 Å². The Morgan fingerprint density at radius 1 is 0.972 bits per heavy atom. The average Bonchev–Trinajstić information content (AvgIpc) is 3.52. The second-order valence-corrected chi connectivity index (χ2v) is 10.0. The molecular weight excluding hydrogens is 524 g/mol. The highest BCUT2D eigenvalue weighted by molar-refractivity contribution is 9.10. The molecule has 1 aromatic heterocycles. The summed E-state index contributed by atoms with van der Waals surface area (Å²) < 4.78 is 6.19. The molecule has 2 fully saturated rings. The molecule has 1 N–H and O–H groups in total. The first-order valence-electron chi connectivity index (χ1n) is 11.9. The molecule has 3 aromatic rings. The van der Waals surface area contributed by atoms with E-state index < -0.39 is 5.54 Å². The van der Waals surface area contributed by atoms with Gasteiger partial charge in [-0.1, -0.05) is 34.1 Å². The number of likely N-dealkylation sites (tertiary alicyclic amines) is 1. The molecule has 0 unspecified atom stereocenters. The number of carbonyl (C=O) groups is 3. The number of para-hydroxylation sites is 1. The number of hydrogen-bond donors (Lipinski definition) is 1. The van der Waals surface area contributed by atoms with Crippen LogP contribution in [0.25, 0.3) is 0 Å². The second kappa shape index (κ2) is 10.2. The molecule has 0 saturated carbocycles. The van der Waals surface area contributed by atoms with Crippen molar-refractivity contribution in [1.29, 1.82) is 0 Å². The third-order valence-corrected chi connectivity index (χ3v) is 7.45. The predicted molar refractivity (Wildman–Crippen MR) is 138 cm³/mol. The highest BCUT2D eigenvalue weighted by Crippen LogP contribution is 2.39. The van der Waals surface area contributed by atoms with Gasteiger partial charge in [0.1, 0.15) is 17.8 Å². The van der Waals surface area contributed by atoms with Crippen LogP contribution in [0.4, 0.5) is 5.69 Å². The largest absolute Gasteiger partial charge is 0.467 e. The van der Waals surface area contributed by atoms with Gasteiger partial charge in [0, 0.05) is 28.8 Å². The lowest BCUT2D eigenvalue weighted by molar-refractivity contribution is -0.137. The third-order valence-electron chi connectivity index (χ3n) is 6.93. The van der Waals surface area contributed by atoms with Gasteiger partial charge in [0.15, 0.2) is 0 Å². The number of furan rings is 1. The summed E-state index contributed by atoms with van der Waals surface area (Å²) in [6.45, 7) is 1.48. The number of benzene rings is 2. The number of rotatable bonds is 6. The molecule has 3 heterocycles. The molecular formula is C27H27BrN4O4. The van der Waals surface area contributed by atoms with E-state index >= 15 is 0 Å². The zero-order chi connectivity index (χ0) is 25.1. The quantitative estimate of drug-likeness (QED) is 0.506. The van der Waals surface area contributed by atoms with E-state index in [1.165, 1.54) is 0 Å². The van der Waals surface area contributed by atoms with E-state index in [4.69, 9.17) is 4.42 Å². The third kappa shape index (κ3) is 4.75. The van der Waals surface area contributed by atoms with Crippen molar-refractivity contribution < 1.29 is 18.8 Å². The molecule has 36 heavy (non-hydrogen) atoms. The van der Waals surface area contributed by atoms with Crippen LogP contribution in [0, 0.1) is 0 Å². The van der Waals surface area contributed by atoms with E-state index in [0.717, 1.165) is 10.2 Å². The lowest BCUT2D eigenvalue weighted by Crippen LogP contribution is -2.57. The van der Waals surface area contributed by atoms with Gasteiger partial charge >= 0.3 is 0 Å². The smallest absolute Gasteiger partial charge is 0.253 e. The van der Waals surface area contributed by atoms with Gasteiger partial charge in [-0.3, -0.25) is 14.4 Å². The van der Waals surface area contributed by atoms with Gasteiger partial charge in [0.25, 0.3) is 11.8 Å². The van der Waals surface area contributed by atoms with Crippen molar-refractivity contribution in [2.75, 3.05) is 31.2 Å². The SMILES string of the molecule is O=C(CN1CN(c2ccccc2)C2(CCN(C(=O)c3ccc(Br)cc3)CC2)C1=O)NCc1ccco1. The van der Waals surface area contributed by atoms with Crippen LogP contribution in [0.1, 0.15) is 29.0 Å². The van der Waals surface area contributed by atoms with Crippen molar-refractivity contribution >= 4 is 39.3 Å². The summed E-state index contributed by atoms with van der Waals surface area (Å²) in [5.41, 5.74) is 0.762. The topological polar surface area (TPSA) is 86.1 Å². The number of amides is 3. The Balaban J connectivity index is 1.31. The number of piperidine rings is 1. The van der Waals surface area contributed by atoms with Gasteiger partial charge in [-0.05, 0) is 61.4 Å². The lowest BCUT2D eigenvalue weighted by Gasteiger charge is -2.43. The molecule has 2 aliphatic heterocycles. The first-order chi connectivity index (χ1) is 17.5. The fourth-order valence-corrected chi connectivity index (χ4v) is 5.27. The zero-order valence-electron chi connectivity index (χ0n) is 19.7. The number of hydrogen-bond acceptors (Lipinski definition) is 5. The Hall–Kier alpha value is -3.59. The minimum atomic E-state index is -0.793. The average molecular weight is 551 g/mol. The fourth-order valence-electron chi connectivity index (χ4n) is 5.01. The number of carbonyl (C=O) groups excluding carboxylic acids is 3.